The summed E-state index contributed by atoms with van der Waals surface area (Å²) < 4.78 is 4.94. The lowest BCUT2D eigenvalue weighted by Crippen LogP contribution is -2.61. The van der Waals surface area contributed by atoms with Crippen LogP contribution in [0.2, 0.25) is 0 Å². The number of hydrogen-bond acceptors (Lipinski definition) is 3. The summed E-state index contributed by atoms with van der Waals surface area (Å²) in [5.41, 5.74) is 2.14. The Labute approximate surface area is 153 Å². The van der Waals surface area contributed by atoms with E-state index in [0.717, 1.165) is 20.6 Å². The third-order valence-corrected chi connectivity index (χ3v) is 5.23. The highest BCUT2D eigenvalue weighted by Gasteiger charge is 2.52. The number of carbonyl (C=O) groups is 2. The molecule has 1 fully saturated rings. The van der Waals surface area contributed by atoms with E-state index in [-0.39, 0.29) is 11.9 Å². The molecule has 1 saturated heterocycles. The van der Waals surface area contributed by atoms with E-state index in [4.69, 9.17) is 0 Å². The van der Waals surface area contributed by atoms with E-state index in [9.17, 15) is 9.59 Å². The maximum absolute atomic E-state index is 12.6. The molecule has 1 atom stereocenters. The van der Waals surface area contributed by atoms with Crippen molar-refractivity contribution in [1.82, 2.24) is 14.4 Å². The van der Waals surface area contributed by atoms with Gasteiger partial charge in [-0.3, -0.25) is 14.6 Å². The first kappa shape index (κ1) is 16.0. The van der Waals surface area contributed by atoms with Crippen LogP contribution >= 0.6 is 15.9 Å². The molecule has 3 heterocycles. The molecular weight excluding hydrogens is 386 g/mol. The van der Waals surface area contributed by atoms with E-state index in [1.54, 1.807) is 7.05 Å². The second kappa shape index (κ2) is 5.52. The highest BCUT2D eigenvalue weighted by Crippen LogP contribution is 2.29. The number of rotatable bonds is 2. The average Bonchev–Trinajstić information content (AvgIpc) is 3.09. The van der Waals surface area contributed by atoms with Gasteiger partial charge >= 0.3 is 12.0 Å². The standard InChI is InChI=1S/C17H17BrN5O2/c1-10-8-23-13-14(20(2)17(25)21(3)15(13)24)19-16(23)22(10)9-11-4-6-12(18)7-5-11/h4-8,13H,9H2,1-3H3/q+1. The largest absolute Gasteiger partial charge is 0.402 e. The van der Waals surface area contributed by atoms with Crippen LogP contribution in [0.4, 0.5) is 10.7 Å². The number of aromatic nitrogens is 2. The van der Waals surface area contributed by atoms with Gasteiger partial charge in [0.1, 0.15) is 11.9 Å². The van der Waals surface area contributed by atoms with E-state index in [1.165, 1.54) is 11.9 Å². The molecule has 25 heavy (non-hydrogen) atoms. The van der Waals surface area contributed by atoms with Crippen LogP contribution in [0.3, 0.4) is 0 Å². The normalized spacial score (nSPS) is 19.2. The van der Waals surface area contributed by atoms with Gasteiger partial charge in [-0.15, -0.1) is 0 Å². The van der Waals surface area contributed by atoms with Crippen LogP contribution in [-0.4, -0.2) is 46.2 Å². The van der Waals surface area contributed by atoms with Crippen molar-refractivity contribution < 1.29 is 14.2 Å². The van der Waals surface area contributed by atoms with Gasteiger partial charge in [0.25, 0.3) is 5.91 Å². The van der Waals surface area contributed by atoms with Gasteiger partial charge in [-0.05, 0) is 24.6 Å². The molecule has 0 bridgehead atoms. The van der Waals surface area contributed by atoms with Crippen LogP contribution in [0.25, 0.3) is 0 Å². The number of halogens is 1. The van der Waals surface area contributed by atoms with Crippen molar-refractivity contribution in [1.29, 1.82) is 0 Å². The highest BCUT2D eigenvalue weighted by molar-refractivity contribution is 9.10. The van der Waals surface area contributed by atoms with Gasteiger partial charge in [0, 0.05) is 18.6 Å². The second-order valence-electron chi connectivity index (χ2n) is 6.30. The average molecular weight is 403 g/mol. The number of aryl methyl sites for hydroxylation is 1. The molecule has 0 radical (unpaired) electrons. The Morgan fingerprint density at radius 2 is 1.84 bits per heavy atom. The van der Waals surface area contributed by atoms with E-state index in [1.807, 2.05) is 42.0 Å². The number of fused-ring (bicyclic) bond motifs is 3. The maximum atomic E-state index is 12.6. The van der Waals surface area contributed by atoms with E-state index < -0.39 is 6.04 Å². The zero-order chi connectivity index (χ0) is 17.9. The molecule has 3 amide bonds. The van der Waals surface area contributed by atoms with Crippen LogP contribution in [-0.2, 0) is 11.3 Å². The fraction of sp³-hybridized carbons (Fsp3) is 0.294. The Kier molecular flexibility index (Phi) is 3.54. The fourth-order valence-corrected chi connectivity index (χ4v) is 3.54. The molecule has 0 spiro atoms. The molecule has 2 aromatic rings. The number of amides is 3. The molecule has 0 aliphatic carbocycles. The van der Waals surface area contributed by atoms with Gasteiger partial charge in [0.15, 0.2) is 0 Å². The number of benzene rings is 1. The monoisotopic (exact) mass is 402 g/mol. The van der Waals surface area contributed by atoms with Crippen LogP contribution in [0.15, 0.2) is 39.9 Å². The Hall–Kier alpha value is -2.48. The smallest absolute Gasteiger partial charge is 0.270 e. The summed E-state index contributed by atoms with van der Waals surface area (Å²) in [6.45, 7) is 2.64. The van der Waals surface area contributed by atoms with Crippen LogP contribution in [0.1, 0.15) is 17.3 Å². The summed E-state index contributed by atoms with van der Waals surface area (Å²) in [5.74, 6) is 0.905. The SMILES string of the molecule is Cc1c[n+]2c(n1Cc1ccc(Br)cc1)N=C1C2C(=O)N(C)C(=O)N1C. The van der Waals surface area contributed by atoms with E-state index in [0.29, 0.717) is 18.3 Å². The van der Waals surface area contributed by atoms with Gasteiger partial charge in [0.2, 0.25) is 11.9 Å². The molecule has 2 aliphatic heterocycles. The number of likely N-dealkylation sites (N-methyl/N-ethyl adjacent to an activating group) is 2. The summed E-state index contributed by atoms with van der Waals surface area (Å²) in [4.78, 5) is 32.0. The third kappa shape index (κ3) is 2.31. The van der Waals surface area contributed by atoms with E-state index >= 15 is 0 Å². The predicted octanol–water partition coefficient (Wildman–Crippen LogP) is 2.00. The molecular formula is C17H17BrN5O2+. The fourth-order valence-electron chi connectivity index (χ4n) is 3.28. The summed E-state index contributed by atoms with van der Waals surface area (Å²) >= 11 is 3.44. The number of aliphatic imine (C=N–C) groups is 1. The first-order valence-corrected chi connectivity index (χ1v) is 8.67. The first-order chi connectivity index (χ1) is 11.9. The molecule has 2 aliphatic rings. The quantitative estimate of drug-likeness (QED) is 0.721. The molecule has 1 unspecified atom stereocenters. The van der Waals surface area contributed by atoms with Crippen molar-refractivity contribution in [3.8, 4) is 0 Å². The molecule has 0 saturated carbocycles. The lowest BCUT2D eigenvalue weighted by atomic mass is 10.2. The van der Waals surface area contributed by atoms with Crippen LogP contribution in [0, 0.1) is 6.92 Å². The molecule has 1 aromatic carbocycles. The second-order valence-corrected chi connectivity index (χ2v) is 7.22. The van der Waals surface area contributed by atoms with Gasteiger partial charge < -0.3 is 0 Å². The number of hydrogen-bond donors (Lipinski definition) is 0. The Morgan fingerprint density at radius 1 is 1.16 bits per heavy atom. The molecule has 0 N–H and O–H groups in total. The Balaban J connectivity index is 1.78. The third-order valence-electron chi connectivity index (χ3n) is 4.70. The summed E-state index contributed by atoms with van der Waals surface area (Å²) in [6.07, 6.45) is 1.92. The highest BCUT2D eigenvalue weighted by atomic mass is 79.9. The van der Waals surface area contributed by atoms with Crippen LogP contribution < -0.4 is 4.57 Å². The van der Waals surface area contributed by atoms with Crippen molar-refractivity contribution in [2.24, 2.45) is 4.99 Å². The molecule has 4 rings (SSSR count). The maximum Gasteiger partial charge on any atom is 0.402 e. The minimum Gasteiger partial charge on any atom is -0.270 e. The minimum atomic E-state index is -0.576. The molecule has 7 nitrogen and oxygen atoms in total. The van der Waals surface area contributed by atoms with Crippen LogP contribution in [0.5, 0.6) is 0 Å². The van der Waals surface area contributed by atoms with Crippen molar-refractivity contribution >= 4 is 39.7 Å². The van der Waals surface area contributed by atoms with Gasteiger partial charge in [0.05, 0.1) is 6.54 Å². The molecule has 8 heteroatoms. The summed E-state index contributed by atoms with van der Waals surface area (Å²) in [6, 6.07) is 7.15. The minimum absolute atomic E-state index is 0.258. The number of imide groups is 1. The van der Waals surface area contributed by atoms with Crippen molar-refractivity contribution in [3.63, 3.8) is 0 Å². The number of carbonyl (C=O) groups excluding carboxylic acids is 2. The zero-order valence-electron chi connectivity index (χ0n) is 14.1. The van der Waals surface area contributed by atoms with Crippen molar-refractivity contribution in [3.05, 3.63) is 46.2 Å². The number of urea groups is 1. The van der Waals surface area contributed by atoms with Gasteiger partial charge in [-0.2, -0.15) is 0 Å². The van der Waals surface area contributed by atoms with Crippen molar-refractivity contribution in [2.75, 3.05) is 14.1 Å². The predicted molar refractivity (Wildman–Crippen MR) is 94.7 cm³/mol. The lowest BCUT2D eigenvalue weighted by molar-refractivity contribution is -0.677. The molecule has 1 aromatic heterocycles. The Morgan fingerprint density at radius 3 is 2.52 bits per heavy atom. The summed E-state index contributed by atoms with van der Waals surface area (Å²) in [5, 5.41) is 0. The van der Waals surface area contributed by atoms with Crippen molar-refractivity contribution in [2.45, 2.75) is 19.5 Å². The summed E-state index contributed by atoms with van der Waals surface area (Å²) in [7, 11) is 3.15. The first-order valence-electron chi connectivity index (χ1n) is 7.88. The lowest BCUT2D eigenvalue weighted by Gasteiger charge is -2.30. The topological polar surface area (TPSA) is 61.8 Å². The van der Waals surface area contributed by atoms with Gasteiger partial charge in [-0.1, -0.05) is 33.1 Å². The van der Waals surface area contributed by atoms with Gasteiger partial charge in [-0.25, -0.2) is 13.9 Å². The zero-order valence-corrected chi connectivity index (χ0v) is 15.7. The van der Waals surface area contributed by atoms with E-state index in [2.05, 4.69) is 25.5 Å². The number of imidazole rings is 1. The Bertz CT molecular complexity index is 931. The number of nitrogens with zero attached hydrogens (tertiary/aromatic N) is 5. The molecule has 128 valence electrons. The number of amidine groups is 1.